The fourth-order valence-electron chi connectivity index (χ4n) is 2.53. The average molecular weight is 331 g/mol. The Morgan fingerprint density at radius 1 is 1.46 bits per heavy atom. The first-order valence-electron chi connectivity index (χ1n) is 7.53. The lowest BCUT2D eigenvalue weighted by molar-refractivity contribution is -0.158. The molecule has 1 aromatic carbocycles. The molecule has 0 N–H and O–H groups in total. The van der Waals surface area contributed by atoms with E-state index in [1.807, 2.05) is 23.8 Å². The molecule has 24 heavy (non-hydrogen) atoms. The van der Waals surface area contributed by atoms with Crippen LogP contribution in [0.4, 0.5) is 4.48 Å². The van der Waals surface area contributed by atoms with Gasteiger partial charge in [-0.25, -0.2) is 4.98 Å². The van der Waals surface area contributed by atoms with Crippen LogP contribution in [0.15, 0.2) is 36.5 Å². The molecule has 0 aliphatic carbocycles. The van der Waals surface area contributed by atoms with Gasteiger partial charge in [0.15, 0.2) is 5.76 Å². The number of imidazole rings is 1. The van der Waals surface area contributed by atoms with Crippen molar-refractivity contribution in [1.82, 2.24) is 14.7 Å². The van der Waals surface area contributed by atoms with Gasteiger partial charge in [0, 0.05) is 6.20 Å². The Kier molecular flexibility index (Phi) is 4.24. The zero-order valence-electron chi connectivity index (χ0n) is 13.7. The van der Waals surface area contributed by atoms with E-state index >= 15 is 0 Å². The maximum atomic E-state index is 13.5. The first-order chi connectivity index (χ1) is 11.5. The number of halogens is 1. The van der Waals surface area contributed by atoms with E-state index in [0.717, 1.165) is 11.4 Å². The second kappa shape index (κ2) is 6.35. The first kappa shape index (κ1) is 16.0. The highest BCUT2D eigenvalue weighted by atomic mass is 19.2. The number of ether oxygens (including phenoxy) is 2. The maximum Gasteiger partial charge on any atom is 0.316 e. The number of hydrogen-bond donors (Lipinski definition) is 0. The van der Waals surface area contributed by atoms with Gasteiger partial charge in [0.05, 0.1) is 31.4 Å². The molecular formula is C17H18FN3O3. The number of morpholine rings is 1. The van der Waals surface area contributed by atoms with Crippen LogP contribution in [0.5, 0.6) is 5.75 Å². The van der Waals surface area contributed by atoms with Crippen LogP contribution in [0.1, 0.15) is 18.2 Å². The highest BCUT2D eigenvalue weighted by molar-refractivity contribution is 5.95. The number of amides is 1. The molecule has 0 spiro atoms. The number of methoxy groups -OCH3 is 1. The highest BCUT2D eigenvalue weighted by Gasteiger charge is 2.29. The molecule has 1 saturated heterocycles. The van der Waals surface area contributed by atoms with Gasteiger partial charge in [0.1, 0.15) is 11.9 Å². The Labute approximate surface area is 139 Å². The smallest absolute Gasteiger partial charge is 0.316 e. The third kappa shape index (κ3) is 3.10. The van der Waals surface area contributed by atoms with Crippen LogP contribution in [0.3, 0.4) is 0 Å². The van der Waals surface area contributed by atoms with Gasteiger partial charge in [0.2, 0.25) is 0 Å². The number of hydrogen-bond acceptors (Lipinski definition) is 4. The van der Waals surface area contributed by atoms with Gasteiger partial charge in [-0.15, -0.1) is 0 Å². The molecule has 3 rings (SSSR count). The second-order valence-electron chi connectivity index (χ2n) is 5.64. The average Bonchev–Trinajstić information content (AvgIpc) is 2.98. The highest BCUT2D eigenvalue weighted by Crippen LogP contribution is 2.27. The number of rotatable bonds is 3. The minimum atomic E-state index is -0.777. The van der Waals surface area contributed by atoms with Crippen molar-refractivity contribution in [3.05, 3.63) is 47.7 Å². The zero-order chi connectivity index (χ0) is 17.3. The van der Waals surface area contributed by atoms with E-state index in [4.69, 9.17) is 9.47 Å². The van der Waals surface area contributed by atoms with Crippen molar-refractivity contribution in [2.45, 2.75) is 20.0 Å². The van der Waals surface area contributed by atoms with E-state index in [-0.39, 0.29) is 17.4 Å². The van der Waals surface area contributed by atoms with E-state index in [2.05, 4.69) is 4.98 Å². The van der Waals surface area contributed by atoms with Crippen LogP contribution in [0, 0.1) is 6.92 Å². The Morgan fingerprint density at radius 2 is 2.25 bits per heavy atom. The number of aromatic nitrogens is 2. The number of carbonyl (C=O) groups excluding carboxylic acids is 1. The molecule has 0 saturated carbocycles. The van der Waals surface area contributed by atoms with Gasteiger partial charge in [-0.3, -0.25) is 4.79 Å². The molecule has 1 fully saturated rings. The summed E-state index contributed by atoms with van der Waals surface area (Å²) in [5.74, 6) is -0.193. The molecule has 2 heterocycles. The van der Waals surface area contributed by atoms with Gasteiger partial charge < -0.3 is 14.0 Å². The van der Waals surface area contributed by atoms with E-state index < -0.39 is 12.0 Å². The van der Waals surface area contributed by atoms with Crippen molar-refractivity contribution in [3.63, 3.8) is 0 Å². The summed E-state index contributed by atoms with van der Waals surface area (Å²) < 4.78 is 26.2. The predicted molar refractivity (Wildman–Crippen MR) is 86.2 cm³/mol. The summed E-state index contributed by atoms with van der Waals surface area (Å²) in [5.41, 5.74) is 2.39. The molecular weight excluding hydrogens is 313 g/mol. The molecule has 0 radical (unpaired) electrons. The molecule has 1 aliphatic rings. The fourth-order valence-corrected chi connectivity index (χ4v) is 2.53. The topological polar surface area (TPSA) is 56.6 Å². The van der Waals surface area contributed by atoms with Crippen LogP contribution >= 0.6 is 0 Å². The Balaban J connectivity index is 1.95. The van der Waals surface area contributed by atoms with E-state index in [1.54, 1.807) is 32.5 Å². The molecule has 7 heteroatoms. The lowest BCUT2D eigenvalue weighted by Gasteiger charge is -2.26. The van der Waals surface area contributed by atoms with Crippen LogP contribution in [0.25, 0.3) is 11.8 Å². The van der Waals surface area contributed by atoms with Crippen LogP contribution in [0.2, 0.25) is 0 Å². The fraction of sp³-hybridized carbons (Fsp3) is 0.294. The van der Waals surface area contributed by atoms with Crippen molar-refractivity contribution in [2.75, 3.05) is 13.7 Å². The molecule has 126 valence electrons. The zero-order valence-corrected chi connectivity index (χ0v) is 13.7. The van der Waals surface area contributed by atoms with Crippen molar-refractivity contribution in [2.24, 2.45) is 0 Å². The lowest BCUT2D eigenvalue weighted by atomic mass is 10.1. The molecule has 1 unspecified atom stereocenters. The normalized spacial score (nSPS) is 19.5. The van der Waals surface area contributed by atoms with Crippen LogP contribution in [-0.2, 0) is 9.53 Å². The monoisotopic (exact) mass is 331 g/mol. The molecule has 6 nitrogen and oxygen atoms in total. The summed E-state index contributed by atoms with van der Waals surface area (Å²) >= 11 is 0. The molecule has 1 atom stereocenters. The second-order valence-corrected chi connectivity index (χ2v) is 5.64. The van der Waals surface area contributed by atoms with Gasteiger partial charge in [0.25, 0.3) is 0 Å². The minimum Gasteiger partial charge on any atom is -0.495 e. The standard InChI is InChI=1S/C17H18FN3O3/c1-11-8-20(10-19-11)14-5-4-13(6-15(14)23-3)7-16-17(22)21(18)9-12(2)24-16/h4-8,10,12H,9H2,1-3H3/b16-7-. The van der Waals surface area contributed by atoms with Gasteiger partial charge in [-0.2, -0.15) is 5.12 Å². The Hall–Kier alpha value is -2.83. The summed E-state index contributed by atoms with van der Waals surface area (Å²) in [6.45, 7) is 3.54. The van der Waals surface area contributed by atoms with Crippen LogP contribution < -0.4 is 4.74 Å². The Morgan fingerprint density at radius 3 is 2.92 bits per heavy atom. The van der Waals surface area contributed by atoms with Crippen molar-refractivity contribution < 1.29 is 18.7 Å². The first-order valence-corrected chi connectivity index (χ1v) is 7.53. The summed E-state index contributed by atoms with van der Waals surface area (Å²) in [5, 5.41) is 0.167. The quantitative estimate of drug-likeness (QED) is 0.641. The molecule has 1 amide bonds. The van der Waals surface area contributed by atoms with Gasteiger partial charge in [-0.05, 0) is 37.6 Å². The third-order valence-electron chi connectivity index (χ3n) is 3.67. The number of aryl methyl sites for hydroxylation is 1. The lowest BCUT2D eigenvalue weighted by Crippen LogP contribution is -2.39. The van der Waals surface area contributed by atoms with Crippen molar-refractivity contribution >= 4 is 12.0 Å². The van der Waals surface area contributed by atoms with E-state index in [9.17, 15) is 9.28 Å². The summed E-state index contributed by atoms with van der Waals surface area (Å²) in [6, 6.07) is 5.41. The van der Waals surface area contributed by atoms with Gasteiger partial charge >= 0.3 is 5.91 Å². The van der Waals surface area contributed by atoms with Gasteiger partial charge in [-0.1, -0.05) is 10.5 Å². The molecule has 2 aromatic rings. The summed E-state index contributed by atoms with van der Waals surface area (Å²) in [4.78, 5) is 16.0. The van der Waals surface area contributed by atoms with Crippen LogP contribution in [-0.4, -0.2) is 40.3 Å². The minimum absolute atomic E-state index is 0.0236. The van der Waals surface area contributed by atoms with E-state index in [0.29, 0.717) is 11.3 Å². The Bertz CT molecular complexity index is 800. The van der Waals surface area contributed by atoms with E-state index in [1.165, 1.54) is 6.08 Å². The molecule has 1 aliphatic heterocycles. The predicted octanol–water partition coefficient (Wildman–Crippen LogP) is 2.66. The largest absolute Gasteiger partial charge is 0.495 e. The number of carbonyl (C=O) groups is 1. The molecule has 1 aromatic heterocycles. The summed E-state index contributed by atoms with van der Waals surface area (Å²) in [7, 11) is 1.56. The SMILES string of the molecule is COc1cc(/C=C2\OC(C)CN(F)C2=O)ccc1-n1cnc(C)c1. The van der Waals surface area contributed by atoms with Crippen molar-refractivity contribution in [3.8, 4) is 11.4 Å². The third-order valence-corrected chi connectivity index (χ3v) is 3.67. The maximum absolute atomic E-state index is 13.5. The number of benzene rings is 1. The van der Waals surface area contributed by atoms with Crippen molar-refractivity contribution in [1.29, 1.82) is 0 Å². The molecule has 0 bridgehead atoms. The summed E-state index contributed by atoms with van der Waals surface area (Å²) in [6.07, 6.45) is 4.69. The number of nitrogens with zero attached hydrogens (tertiary/aromatic N) is 3.